The topological polar surface area (TPSA) is 105 Å². The average Bonchev–Trinajstić information content (AvgIpc) is 2.42. The van der Waals surface area contributed by atoms with E-state index in [0.29, 0.717) is 0 Å². The molecule has 3 amide bonds. The van der Waals surface area contributed by atoms with Crippen LogP contribution in [0, 0.1) is 0 Å². The largest absolute Gasteiger partial charge is 0.507 e. The Labute approximate surface area is 122 Å². The number of imide groups is 1. The zero-order valence-electron chi connectivity index (χ0n) is 10.9. The third kappa shape index (κ3) is 6.11. The number of rotatable bonds is 4. The number of benzene rings is 1. The van der Waals surface area contributed by atoms with Crippen molar-refractivity contribution in [3.8, 4) is 5.75 Å². The van der Waals surface area contributed by atoms with E-state index in [9.17, 15) is 32.7 Å². The molecule has 0 spiro atoms. The van der Waals surface area contributed by atoms with E-state index in [0.717, 1.165) is 0 Å². The van der Waals surface area contributed by atoms with Crippen molar-refractivity contribution in [3.63, 3.8) is 0 Å². The van der Waals surface area contributed by atoms with Crippen LogP contribution < -0.4 is 10.6 Å². The lowest BCUT2D eigenvalue weighted by Gasteiger charge is -2.09. The fraction of sp³-hybridized carbons (Fsp3) is 0.250. The van der Waals surface area contributed by atoms with Gasteiger partial charge in [-0.25, -0.2) is 9.59 Å². The number of halogens is 3. The van der Waals surface area contributed by atoms with Crippen LogP contribution in [0.4, 0.5) is 18.0 Å². The van der Waals surface area contributed by atoms with E-state index in [2.05, 4.69) is 4.74 Å². The monoisotopic (exact) mass is 320 g/mol. The van der Waals surface area contributed by atoms with Gasteiger partial charge < -0.3 is 15.2 Å². The molecular weight excluding hydrogens is 309 g/mol. The number of phenolic OH excluding ortho intramolecular Hbond substituents is 1. The molecule has 1 aromatic rings. The van der Waals surface area contributed by atoms with Gasteiger partial charge in [0.2, 0.25) is 0 Å². The molecule has 120 valence electrons. The highest BCUT2D eigenvalue weighted by Crippen LogP contribution is 2.16. The van der Waals surface area contributed by atoms with Gasteiger partial charge in [-0.1, -0.05) is 12.1 Å². The average molecular weight is 320 g/mol. The van der Waals surface area contributed by atoms with Crippen molar-refractivity contribution in [2.24, 2.45) is 0 Å². The van der Waals surface area contributed by atoms with E-state index in [1.54, 1.807) is 5.32 Å². The third-order valence-electron chi connectivity index (χ3n) is 2.16. The van der Waals surface area contributed by atoms with E-state index >= 15 is 0 Å². The molecule has 0 saturated carbocycles. The van der Waals surface area contributed by atoms with Crippen molar-refractivity contribution in [1.82, 2.24) is 10.6 Å². The number of para-hydroxylation sites is 1. The molecule has 0 aliphatic rings. The Kier molecular flexibility index (Phi) is 5.72. The maximum Gasteiger partial charge on any atom is 0.405 e. The molecule has 0 unspecified atom stereocenters. The molecule has 0 fully saturated rings. The SMILES string of the molecule is O=C(COC(=O)c1ccccc1O)NC(=O)NCC(F)(F)F. The summed E-state index contributed by atoms with van der Waals surface area (Å²) in [5, 5.41) is 12.3. The van der Waals surface area contributed by atoms with Gasteiger partial charge >= 0.3 is 18.2 Å². The fourth-order valence-electron chi connectivity index (χ4n) is 1.24. The Morgan fingerprint density at radius 1 is 1.18 bits per heavy atom. The van der Waals surface area contributed by atoms with Gasteiger partial charge in [0.05, 0.1) is 0 Å². The fourth-order valence-corrected chi connectivity index (χ4v) is 1.24. The molecule has 0 atom stereocenters. The Morgan fingerprint density at radius 3 is 2.41 bits per heavy atom. The summed E-state index contributed by atoms with van der Waals surface area (Å²) in [6, 6.07) is 4.00. The lowest BCUT2D eigenvalue weighted by atomic mass is 10.2. The first-order chi connectivity index (χ1) is 10.2. The number of aromatic hydroxyl groups is 1. The molecule has 10 heteroatoms. The van der Waals surface area contributed by atoms with Crippen LogP contribution in [0.5, 0.6) is 5.75 Å². The summed E-state index contributed by atoms with van der Waals surface area (Å²) in [7, 11) is 0. The van der Waals surface area contributed by atoms with E-state index in [1.165, 1.54) is 29.6 Å². The number of esters is 1. The molecule has 0 aliphatic carbocycles. The number of hydrogen-bond acceptors (Lipinski definition) is 5. The molecule has 0 heterocycles. The van der Waals surface area contributed by atoms with Crippen LogP contribution in [0.15, 0.2) is 24.3 Å². The molecule has 0 radical (unpaired) electrons. The standard InChI is InChI=1S/C12H11F3N2O5/c13-12(14,15)6-16-11(21)17-9(19)5-22-10(20)7-3-1-2-4-8(7)18/h1-4,18H,5-6H2,(H2,16,17,19,21). The lowest BCUT2D eigenvalue weighted by molar-refractivity contribution is -0.125. The predicted octanol–water partition coefficient (Wildman–Crippen LogP) is 0.937. The minimum absolute atomic E-state index is 0.197. The molecule has 0 bridgehead atoms. The van der Waals surface area contributed by atoms with Gasteiger partial charge in [0.25, 0.3) is 5.91 Å². The summed E-state index contributed by atoms with van der Waals surface area (Å²) >= 11 is 0. The van der Waals surface area contributed by atoms with Crippen LogP contribution in [0.1, 0.15) is 10.4 Å². The Morgan fingerprint density at radius 2 is 1.82 bits per heavy atom. The second-order valence-corrected chi connectivity index (χ2v) is 3.94. The third-order valence-corrected chi connectivity index (χ3v) is 2.16. The van der Waals surface area contributed by atoms with Gasteiger partial charge in [0.1, 0.15) is 17.9 Å². The van der Waals surface area contributed by atoms with Crippen LogP contribution in [0.25, 0.3) is 0 Å². The number of carbonyl (C=O) groups excluding carboxylic acids is 3. The number of hydrogen-bond donors (Lipinski definition) is 3. The summed E-state index contributed by atoms with van der Waals surface area (Å²) in [6.45, 7) is -2.50. The number of urea groups is 1. The highest BCUT2D eigenvalue weighted by molar-refractivity contribution is 5.97. The first kappa shape index (κ1) is 17.3. The van der Waals surface area contributed by atoms with Crippen molar-refractivity contribution in [2.75, 3.05) is 13.2 Å². The van der Waals surface area contributed by atoms with Gasteiger partial charge in [-0.15, -0.1) is 0 Å². The van der Waals surface area contributed by atoms with Crippen molar-refractivity contribution >= 4 is 17.9 Å². The van der Waals surface area contributed by atoms with E-state index < -0.39 is 37.2 Å². The lowest BCUT2D eigenvalue weighted by Crippen LogP contribution is -2.44. The Bertz CT molecular complexity index is 574. The molecule has 1 rings (SSSR count). The number of carbonyl (C=O) groups is 3. The van der Waals surface area contributed by atoms with Crippen molar-refractivity contribution in [3.05, 3.63) is 29.8 Å². The molecule has 0 aliphatic heterocycles. The molecule has 1 aromatic carbocycles. The Balaban J connectivity index is 2.39. The molecule has 3 N–H and O–H groups in total. The van der Waals surface area contributed by atoms with Gasteiger partial charge in [0.15, 0.2) is 6.61 Å². The quantitative estimate of drug-likeness (QED) is 0.716. The molecular formula is C12H11F3N2O5. The van der Waals surface area contributed by atoms with Crippen molar-refractivity contribution in [1.29, 1.82) is 0 Å². The second-order valence-electron chi connectivity index (χ2n) is 3.94. The molecule has 0 aromatic heterocycles. The number of nitrogens with one attached hydrogen (secondary N) is 2. The van der Waals surface area contributed by atoms with E-state index in [1.807, 2.05) is 0 Å². The number of ether oxygens (including phenoxy) is 1. The van der Waals surface area contributed by atoms with Gasteiger partial charge in [0, 0.05) is 0 Å². The minimum atomic E-state index is -4.61. The highest BCUT2D eigenvalue weighted by atomic mass is 19.4. The molecule has 0 saturated heterocycles. The number of phenols is 1. The molecule has 22 heavy (non-hydrogen) atoms. The summed E-state index contributed by atoms with van der Waals surface area (Å²) in [6.07, 6.45) is -4.61. The maximum absolute atomic E-state index is 11.8. The van der Waals surface area contributed by atoms with Gasteiger partial charge in [-0.2, -0.15) is 13.2 Å². The van der Waals surface area contributed by atoms with Crippen LogP contribution >= 0.6 is 0 Å². The predicted molar refractivity (Wildman–Crippen MR) is 66.0 cm³/mol. The zero-order chi connectivity index (χ0) is 16.8. The normalized spacial score (nSPS) is 10.7. The summed E-state index contributed by atoms with van der Waals surface area (Å²) in [5.41, 5.74) is -0.197. The summed E-state index contributed by atoms with van der Waals surface area (Å²) in [4.78, 5) is 33.7. The highest BCUT2D eigenvalue weighted by Gasteiger charge is 2.28. The smallest absolute Gasteiger partial charge is 0.405 e. The number of alkyl halides is 3. The number of amides is 3. The second kappa shape index (κ2) is 7.29. The first-order valence-electron chi connectivity index (χ1n) is 5.78. The minimum Gasteiger partial charge on any atom is -0.507 e. The Hall–Kier alpha value is -2.78. The first-order valence-corrected chi connectivity index (χ1v) is 5.78. The van der Waals surface area contributed by atoms with Crippen LogP contribution in [-0.2, 0) is 9.53 Å². The van der Waals surface area contributed by atoms with Crippen molar-refractivity contribution in [2.45, 2.75) is 6.18 Å². The van der Waals surface area contributed by atoms with Crippen LogP contribution in [-0.4, -0.2) is 42.3 Å². The van der Waals surface area contributed by atoms with Crippen LogP contribution in [0.2, 0.25) is 0 Å². The van der Waals surface area contributed by atoms with E-state index in [-0.39, 0.29) is 11.3 Å². The van der Waals surface area contributed by atoms with Crippen molar-refractivity contribution < 1.29 is 37.4 Å². The van der Waals surface area contributed by atoms with Gasteiger partial charge in [-0.3, -0.25) is 10.1 Å². The van der Waals surface area contributed by atoms with Crippen LogP contribution in [0.3, 0.4) is 0 Å². The summed E-state index contributed by atoms with van der Waals surface area (Å²) in [5.74, 6) is -2.51. The molecule has 7 nitrogen and oxygen atoms in total. The maximum atomic E-state index is 11.8. The summed E-state index contributed by atoms with van der Waals surface area (Å²) < 4.78 is 39.9. The zero-order valence-corrected chi connectivity index (χ0v) is 10.9. The van der Waals surface area contributed by atoms with Gasteiger partial charge in [-0.05, 0) is 12.1 Å². The van der Waals surface area contributed by atoms with E-state index in [4.69, 9.17) is 0 Å².